The molecular formula is C13H12BrCl2NOS. The topological polar surface area (TPSA) is 35.2 Å². The van der Waals surface area contributed by atoms with Gasteiger partial charge in [0, 0.05) is 22.1 Å². The number of halogens is 3. The Hall–Kier alpha value is -0.260. The summed E-state index contributed by atoms with van der Waals surface area (Å²) in [6.45, 7) is 1.90. The van der Waals surface area contributed by atoms with Crippen LogP contribution in [0.5, 0.6) is 5.75 Å². The normalized spacial score (nSPS) is 14.2. The zero-order chi connectivity index (χ0) is 14.0. The summed E-state index contributed by atoms with van der Waals surface area (Å²) < 4.78 is 6.67. The third-order valence-corrected chi connectivity index (χ3v) is 4.77. The third kappa shape index (κ3) is 3.64. The van der Waals surface area contributed by atoms with Crippen LogP contribution in [-0.4, -0.2) is 6.04 Å². The van der Waals surface area contributed by atoms with E-state index in [0.717, 1.165) is 10.0 Å². The maximum Gasteiger partial charge on any atom is 0.140 e. The molecule has 19 heavy (non-hydrogen) atoms. The standard InChI is InChI=1S/C13H12BrCl2NOS/c1-7(17)13(8-2-3-19-6-8)18-12-5-10(15)9(14)4-11(12)16/h2-7,13H,17H2,1H3. The van der Waals surface area contributed by atoms with Crippen LogP contribution in [0, 0.1) is 0 Å². The molecule has 0 aliphatic rings. The molecule has 102 valence electrons. The predicted molar refractivity (Wildman–Crippen MR) is 85.5 cm³/mol. The highest BCUT2D eigenvalue weighted by Crippen LogP contribution is 2.37. The largest absolute Gasteiger partial charge is 0.482 e. The molecule has 0 fully saturated rings. The lowest BCUT2D eigenvalue weighted by Gasteiger charge is -2.22. The second kappa shape index (κ2) is 6.46. The summed E-state index contributed by atoms with van der Waals surface area (Å²) >= 11 is 17.1. The summed E-state index contributed by atoms with van der Waals surface area (Å²) in [6.07, 6.45) is -0.249. The van der Waals surface area contributed by atoms with E-state index in [9.17, 15) is 0 Å². The Kier molecular flexibility index (Phi) is 5.15. The van der Waals surface area contributed by atoms with E-state index in [1.165, 1.54) is 0 Å². The highest BCUT2D eigenvalue weighted by atomic mass is 79.9. The van der Waals surface area contributed by atoms with E-state index in [0.29, 0.717) is 15.8 Å². The molecule has 1 aromatic heterocycles. The molecule has 0 saturated carbocycles. The fourth-order valence-corrected chi connectivity index (χ4v) is 3.17. The van der Waals surface area contributed by atoms with Gasteiger partial charge in [0.05, 0.1) is 10.0 Å². The molecule has 0 aliphatic carbocycles. The number of thiophene rings is 1. The SMILES string of the molecule is CC(N)C(Oc1cc(Cl)c(Br)cc1Cl)c1ccsc1. The fourth-order valence-electron chi connectivity index (χ4n) is 1.65. The summed E-state index contributed by atoms with van der Waals surface area (Å²) in [4.78, 5) is 0. The van der Waals surface area contributed by atoms with Crippen molar-refractivity contribution in [1.82, 2.24) is 0 Å². The lowest BCUT2D eigenvalue weighted by molar-refractivity contribution is 0.181. The molecule has 2 aromatic rings. The molecule has 2 atom stereocenters. The Labute approximate surface area is 134 Å². The highest BCUT2D eigenvalue weighted by molar-refractivity contribution is 9.10. The van der Waals surface area contributed by atoms with Gasteiger partial charge in [0.1, 0.15) is 11.9 Å². The molecule has 0 bridgehead atoms. The Morgan fingerprint density at radius 3 is 2.63 bits per heavy atom. The average molecular weight is 381 g/mol. The molecule has 0 amide bonds. The van der Waals surface area contributed by atoms with Crippen molar-refractivity contribution in [2.75, 3.05) is 0 Å². The van der Waals surface area contributed by atoms with E-state index in [1.54, 1.807) is 23.5 Å². The summed E-state index contributed by atoms with van der Waals surface area (Å²) in [7, 11) is 0. The van der Waals surface area contributed by atoms with E-state index in [1.807, 2.05) is 23.8 Å². The second-order valence-corrected chi connectivity index (χ2v) is 6.60. The molecule has 2 rings (SSSR count). The number of ether oxygens (including phenoxy) is 1. The minimum absolute atomic E-state index is 0.159. The molecule has 2 nitrogen and oxygen atoms in total. The van der Waals surface area contributed by atoms with Gasteiger partial charge in [0.2, 0.25) is 0 Å². The maximum atomic E-state index is 6.16. The van der Waals surface area contributed by atoms with Crippen molar-refractivity contribution in [3.05, 3.63) is 49.0 Å². The van der Waals surface area contributed by atoms with Crippen molar-refractivity contribution in [1.29, 1.82) is 0 Å². The predicted octanol–water partition coefficient (Wildman–Crippen LogP) is 5.28. The summed E-state index contributed by atoms with van der Waals surface area (Å²) in [6, 6.07) is 5.24. The molecule has 1 heterocycles. The average Bonchev–Trinajstić information content (AvgIpc) is 2.85. The molecule has 0 aliphatic heterocycles. The van der Waals surface area contributed by atoms with Crippen LogP contribution in [-0.2, 0) is 0 Å². The molecule has 1 aromatic carbocycles. The third-order valence-electron chi connectivity index (χ3n) is 2.58. The minimum atomic E-state index is -0.249. The van der Waals surface area contributed by atoms with Crippen LogP contribution in [0.1, 0.15) is 18.6 Å². The van der Waals surface area contributed by atoms with Crippen molar-refractivity contribution in [2.45, 2.75) is 19.1 Å². The van der Waals surface area contributed by atoms with Gasteiger partial charge in [-0.05, 0) is 45.7 Å². The first-order valence-electron chi connectivity index (χ1n) is 5.58. The zero-order valence-electron chi connectivity index (χ0n) is 10.1. The van der Waals surface area contributed by atoms with Gasteiger partial charge in [-0.25, -0.2) is 0 Å². The van der Waals surface area contributed by atoms with Crippen LogP contribution >= 0.6 is 50.5 Å². The van der Waals surface area contributed by atoms with E-state index >= 15 is 0 Å². The van der Waals surface area contributed by atoms with Crippen LogP contribution in [0.2, 0.25) is 10.0 Å². The van der Waals surface area contributed by atoms with Gasteiger partial charge in [-0.2, -0.15) is 11.3 Å². The number of rotatable bonds is 4. The molecule has 0 radical (unpaired) electrons. The second-order valence-electron chi connectivity index (χ2n) is 4.15. The quantitative estimate of drug-likeness (QED) is 0.731. The molecule has 0 saturated heterocycles. The first-order chi connectivity index (χ1) is 8.99. The van der Waals surface area contributed by atoms with Gasteiger partial charge in [-0.15, -0.1) is 0 Å². The van der Waals surface area contributed by atoms with Gasteiger partial charge in [0.15, 0.2) is 0 Å². The van der Waals surface area contributed by atoms with E-state index < -0.39 is 0 Å². The highest BCUT2D eigenvalue weighted by Gasteiger charge is 2.20. The van der Waals surface area contributed by atoms with Crippen molar-refractivity contribution in [3.8, 4) is 5.75 Å². The van der Waals surface area contributed by atoms with Crippen LogP contribution < -0.4 is 10.5 Å². The molecule has 0 spiro atoms. The van der Waals surface area contributed by atoms with Crippen LogP contribution in [0.3, 0.4) is 0 Å². The molecule has 6 heteroatoms. The summed E-state index contributed by atoms with van der Waals surface area (Å²) in [5, 5.41) is 5.05. The first-order valence-corrected chi connectivity index (χ1v) is 8.07. The maximum absolute atomic E-state index is 6.16. The van der Waals surface area contributed by atoms with Crippen molar-refractivity contribution in [2.24, 2.45) is 5.73 Å². The molecule has 2 unspecified atom stereocenters. The van der Waals surface area contributed by atoms with Crippen LogP contribution in [0.25, 0.3) is 0 Å². The monoisotopic (exact) mass is 379 g/mol. The van der Waals surface area contributed by atoms with E-state index in [4.69, 9.17) is 33.7 Å². The molecule has 2 N–H and O–H groups in total. The first kappa shape index (κ1) is 15.1. The Balaban J connectivity index is 2.30. The van der Waals surface area contributed by atoms with Crippen molar-refractivity contribution >= 4 is 50.5 Å². The number of hydrogen-bond donors (Lipinski definition) is 1. The zero-order valence-corrected chi connectivity index (χ0v) is 14.0. The summed E-state index contributed by atoms with van der Waals surface area (Å²) in [5.41, 5.74) is 7.03. The van der Waals surface area contributed by atoms with E-state index in [-0.39, 0.29) is 12.1 Å². The lowest BCUT2D eigenvalue weighted by atomic mass is 10.1. The van der Waals surface area contributed by atoms with Crippen molar-refractivity contribution < 1.29 is 4.74 Å². The van der Waals surface area contributed by atoms with Gasteiger partial charge < -0.3 is 10.5 Å². The van der Waals surface area contributed by atoms with Gasteiger partial charge >= 0.3 is 0 Å². The smallest absolute Gasteiger partial charge is 0.140 e. The van der Waals surface area contributed by atoms with Crippen molar-refractivity contribution in [3.63, 3.8) is 0 Å². The Morgan fingerprint density at radius 1 is 1.32 bits per heavy atom. The summed E-state index contributed by atoms with van der Waals surface area (Å²) in [5.74, 6) is 0.531. The van der Waals surface area contributed by atoms with Gasteiger partial charge in [0.25, 0.3) is 0 Å². The van der Waals surface area contributed by atoms with Gasteiger partial charge in [-0.1, -0.05) is 23.2 Å². The lowest BCUT2D eigenvalue weighted by Crippen LogP contribution is -2.28. The fraction of sp³-hybridized carbons (Fsp3) is 0.231. The number of hydrogen-bond acceptors (Lipinski definition) is 3. The Bertz CT molecular complexity index is 560. The van der Waals surface area contributed by atoms with E-state index in [2.05, 4.69) is 15.9 Å². The van der Waals surface area contributed by atoms with Crippen LogP contribution in [0.15, 0.2) is 33.4 Å². The van der Waals surface area contributed by atoms with Crippen LogP contribution in [0.4, 0.5) is 0 Å². The number of benzene rings is 1. The minimum Gasteiger partial charge on any atom is -0.482 e. The number of nitrogens with two attached hydrogens (primary N) is 1. The Morgan fingerprint density at radius 2 is 2.05 bits per heavy atom. The molecular weight excluding hydrogens is 369 g/mol. The van der Waals surface area contributed by atoms with Gasteiger partial charge in [-0.3, -0.25) is 0 Å².